The Morgan fingerprint density at radius 2 is 1.60 bits per heavy atom. The van der Waals surface area contributed by atoms with E-state index in [1.165, 1.54) is 32.0 Å². The maximum atomic E-state index is 14.5. The normalized spacial score (nSPS) is 18.6. The quantitative estimate of drug-likeness (QED) is 0.0486. The van der Waals surface area contributed by atoms with Gasteiger partial charge in [0.2, 0.25) is 45.5 Å². The molecule has 1 unspecified atom stereocenters. The molecule has 27 heteroatoms. The summed E-state index contributed by atoms with van der Waals surface area (Å²) >= 11 is 0.944. The van der Waals surface area contributed by atoms with Gasteiger partial charge in [-0.2, -0.15) is 0 Å². The van der Waals surface area contributed by atoms with Crippen molar-refractivity contribution in [3.63, 3.8) is 0 Å². The van der Waals surface area contributed by atoms with Crippen molar-refractivity contribution in [3.05, 3.63) is 47.8 Å². The summed E-state index contributed by atoms with van der Waals surface area (Å²) < 4.78 is 42.4. The minimum Gasteiger partial charge on any atom is -0.480 e. The highest BCUT2D eigenvalue weighted by Gasteiger charge is 2.44. The van der Waals surface area contributed by atoms with Gasteiger partial charge in [-0.1, -0.05) is 76.6 Å². The first-order valence-corrected chi connectivity index (χ1v) is 29.6. The molecule has 4 N–H and O–H groups in total. The molecule has 0 radical (unpaired) electrons. The highest BCUT2D eigenvalue weighted by Crippen LogP contribution is 2.31. The van der Waals surface area contributed by atoms with Crippen molar-refractivity contribution in [1.29, 1.82) is 0 Å². The molecule has 1 aromatic heterocycles. The fraction of sp³-hybridized carbons (Fsp3) is 0.679. The van der Waals surface area contributed by atoms with Gasteiger partial charge in [-0.25, -0.2) is 18.2 Å². The smallest absolute Gasteiger partial charge is 0.327 e. The number of methoxy groups -OCH3 is 2. The molecule has 1 aromatic carbocycles. The zero-order valence-electron chi connectivity index (χ0n) is 48.5. The Labute approximate surface area is 474 Å². The van der Waals surface area contributed by atoms with E-state index in [1.807, 2.05) is 65.7 Å². The summed E-state index contributed by atoms with van der Waals surface area (Å²) in [6.45, 7) is 10.9. The monoisotopic (exact) mass is 1160 g/mol. The number of carbonyl (C=O) groups is 8. The van der Waals surface area contributed by atoms with Crippen LogP contribution in [0.4, 0.5) is 0 Å². The van der Waals surface area contributed by atoms with Gasteiger partial charge in [0.25, 0.3) is 5.91 Å². The van der Waals surface area contributed by atoms with Crippen molar-refractivity contribution in [1.82, 2.24) is 54.8 Å². The van der Waals surface area contributed by atoms with Crippen LogP contribution in [0.15, 0.2) is 41.5 Å². The molecular formula is C53H84N12O13S2. The number of carboxylic acid groups (broad SMARTS) is 1. The lowest BCUT2D eigenvalue weighted by Gasteiger charge is -2.40. The molecule has 2 aromatic rings. The number of hydrogen-bond donors (Lipinski definition) is 4. The molecule has 0 aliphatic carbocycles. The van der Waals surface area contributed by atoms with Crippen LogP contribution in [-0.4, -0.2) is 221 Å². The van der Waals surface area contributed by atoms with Crippen molar-refractivity contribution < 1.29 is 61.4 Å². The molecule has 2 aliphatic rings. The number of amides is 7. The number of benzene rings is 1. The van der Waals surface area contributed by atoms with Crippen LogP contribution in [0.2, 0.25) is 0 Å². The minimum atomic E-state index is -4.29. The number of aromatic nitrogens is 3. The van der Waals surface area contributed by atoms with Gasteiger partial charge < -0.3 is 44.8 Å². The van der Waals surface area contributed by atoms with Crippen molar-refractivity contribution in [2.24, 2.45) is 22.7 Å². The van der Waals surface area contributed by atoms with E-state index in [-0.39, 0.29) is 73.9 Å². The Morgan fingerprint density at radius 1 is 0.938 bits per heavy atom. The molecule has 25 nitrogen and oxygen atoms in total. The predicted octanol–water partition coefficient (Wildman–Crippen LogP) is 1.22. The van der Waals surface area contributed by atoms with Crippen molar-refractivity contribution >= 4 is 75.1 Å². The van der Waals surface area contributed by atoms with Gasteiger partial charge in [-0.05, 0) is 36.7 Å². The van der Waals surface area contributed by atoms with Crippen LogP contribution >= 0.6 is 11.8 Å². The number of ether oxygens (including phenoxy) is 2. The van der Waals surface area contributed by atoms with E-state index >= 15 is 0 Å². The van der Waals surface area contributed by atoms with Crippen LogP contribution in [0, 0.1) is 17.8 Å². The Balaban J connectivity index is 1.42. The van der Waals surface area contributed by atoms with Crippen LogP contribution in [0.3, 0.4) is 0 Å². The largest absolute Gasteiger partial charge is 0.480 e. The summed E-state index contributed by atoms with van der Waals surface area (Å²) in [7, 11) is 7.89. The van der Waals surface area contributed by atoms with E-state index in [2.05, 4.69) is 25.7 Å². The Morgan fingerprint density at radius 3 is 2.17 bits per heavy atom. The van der Waals surface area contributed by atoms with Gasteiger partial charge in [0, 0.05) is 88.1 Å². The van der Waals surface area contributed by atoms with Crippen molar-refractivity contribution in [3.8, 4) is 0 Å². The van der Waals surface area contributed by atoms with Gasteiger partial charge in [0.05, 0.1) is 60.4 Å². The fourth-order valence-corrected chi connectivity index (χ4v) is 12.3. The third-order valence-electron chi connectivity index (χ3n) is 14.4. The molecule has 0 spiro atoms. The number of hydrogen-bond acceptors (Lipinski definition) is 16. The number of nitrogens with zero attached hydrogens (tertiary/aromatic N) is 9. The second-order valence-electron chi connectivity index (χ2n) is 21.3. The van der Waals surface area contributed by atoms with Crippen LogP contribution in [0.25, 0.3) is 0 Å². The number of sulfonamides is 1. The number of carbonyl (C=O) groups excluding carboxylic acids is 7. The zero-order valence-corrected chi connectivity index (χ0v) is 50.1. The van der Waals surface area contributed by atoms with E-state index in [0.29, 0.717) is 37.3 Å². The summed E-state index contributed by atoms with van der Waals surface area (Å²) in [4.78, 5) is 119. The molecule has 3 heterocycles. The number of aryl methyl sites for hydroxylation is 1. The summed E-state index contributed by atoms with van der Waals surface area (Å²) in [5.74, 6) is -6.06. The lowest BCUT2D eigenvalue weighted by Crippen LogP contribution is -2.56. The third kappa shape index (κ3) is 18.4. The van der Waals surface area contributed by atoms with Crippen LogP contribution < -0.4 is 15.4 Å². The van der Waals surface area contributed by atoms with E-state index in [4.69, 9.17) is 14.5 Å². The Kier molecular flexibility index (Phi) is 25.3. The number of nitrogens with one attached hydrogen (secondary N) is 3. The Hall–Kier alpha value is -6.19. The highest BCUT2D eigenvalue weighted by molar-refractivity contribution is 8.00. The summed E-state index contributed by atoms with van der Waals surface area (Å²) in [5.41, 5.74) is 0.877. The lowest BCUT2D eigenvalue weighted by molar-refractivity contribution is -0.146. The molecule has 0 saturated carbocycles. The van der Waals surface area contributed by atoms with Crippen molar-refractivity contribution in [2.75, 3.05) is 67.5 Å². The van der Waals surface area contributed by atoms with Crippen LogP contribution in [0.5, 0.6) is 0 Å². The first kappa shape index (κ1) is 66.3. The molecule has 2 saturated heterocycles. The maximum Gasteiger partial charge on any atom is 0.327 e. The fourth-order valence-electron chi connectivity index (χ4n) is 10.1. The number of thioether (sulfide) groups is 1. The molecule has 4 rings (SSSR count). The minimum absolute atomic E-state index is 0.0216. The average Bonchev–Trinajstić information content (AvgIpc) is 4.20. The van der Waals surface area contributed by atoms with Gasteiger partial charge in [0.1, 0.15) is 23.8 Å². The summed E-state index contributed by atoms with van der Waals surface area (Å²) in [6, 6.07) is 4.42. The molecule has 2 fully saturated rings. The second kappa shape index (κ2) is 30.6. The van der Waals surface area contributed by atoms with E-state index in [9.17, 15) is 51.9 Å². The van der Waals surface area contributed by atoms with E-state index in [0.717, 1.165) is 16.7 Å². The number of imide groups is 1. The zero-order chi connectivity index (χ0) is 59.8. The number of guanidine groups is 1. The molecule has 0 bridgehead atoms. The number of rotatable bonds is 30. The number of likely N-dealkylation sites (N-methyl/N-ethyl adjacent to an activating group) is 1. The van der Waals surface area contributed by atoms with Gasteiger partial charge in [-0.3, -0.25) is 47.9 Å². The number of aliphatic carboxylic acids is 1. The number of likely N-dealkylation sites (tertiary alicyclic amines) is 2. The SMILES string of the molecule is CC[C@H](C)[C@@H]([C@@H](CC(=O)N1CCC[C@H]1[C@H](OC)[C@@H](C)C(=O)N[C@@H](Cc1ccccc1)C(=O)NS(=O)(=O)CCCn1cc(CN2C(=O)CC(SC[C@H](NC(C)=O)C(=O)O)C2=O)nn1)OC)N(C)C(=O)[C@@H](N=C(N(C)C)N(C)C)C(C)C. The summed E-state index contributed by atoms with van der Waals surface area (Å²) in [5, 5.41) is 21.6. The third-order valence-corrected chi connectivity index (χ3v) is 17.1. The molecular weight excluding hydrogens is 1080 g/mol. The van der Waals surface area contributed by atoms with Crippen molar-refractivity contribution in [2.45, 2.75) is 147 Å². The second-order valence-corrected chi connectivity index (χ2v) is 24.4. The lowest BCUT2D eigenvalue weighted by atomic mass is 9.89. The first-order chi connectivity index (χ1) is 37.6. The predicted molar refractivity (Wildman–Crippen MR) is 300 cm³/mol. The van der Waals surface area contributed by atoms with E-state index < -0.39 is 105 Å². The number of carboxylic acids is 1. The average molecular weight is 1160 g/mol. The highest BCUT2D eigenvalue weighted by atomic mass is 32.2. The molecule has 10 atom stereocenters. The molecule has 2 aliphatic heterocycles. The van der Waals surface area contributed by atoms with Crippen LogP contribution in [-0.2, 0) is 77.4 Å². The van der Waals surface area contributed by atoms with Gasteiger partial charge in [-0.15, -0.1) is 16.9 Å². The first-order valence-electron chi connectivity index (χ1n) is 26.9. The Bertz CT molecular complexity index is 2590. The maximum absolute atomic E-state index is 14.5. The van der Waals surface area contributed by atoms with Gasteiger partial charge in [0.15, 0.2) is 5.96 Å². The molecule has 446 valence electrons. The van der Waals surface area contributed by atoms with Crippen LogP contribution in [0.1, 0.15) is 91.3 Å². The van der Waals surface area contributed by atoms with Gasteiger partial charge >= 0.3 is 5.97 Å². The summed E-state index contributed by atoms with van der Waals surface area (Å²) in [6.07, 6.45) is 1.42. The number of aliphatic imine (C=N–C) groups is 1. The standard InChI is InChI=1S/C53H84N12O13S2/c1-14-33(4)46(62(11)51(72)45(32(2)3)56-53(60(7)8)61(9)10)41(77-12)27-43(67)64-24-18-22-40(64)47(78-13)34(5)48(69)55-38(26-36-20-16-15-17-21-36)49(70)58-80(75,76)25-19-23-63-29-37(57-59-63)30-65-44(68)28-42(50(65)71)79-31-39(52(73)74)54-35(6)66/h15-17,20-21,29,32-34,38-42,45-47H,14,18-19,22-28,30-31H2,1-13H3,(H,54,66)(H,55,69)(H,58,70)(H,73,74)/t33-,34+,38-,39-,40-,41+,42?,45-,46-,47+/m0/s1. The molecule has 80 heavy (non-hydrogen) atoms. The molecule has 7 amide bonds. The topological polar surface area (TPSA) is 305 Å². The van der Waals surface area contributed by atoms with E-state index in [1.54, 1.807) is 54.1 Å².